The van der Waals surface area contributed by atoms with Gasteiger partial charge < -0.3 is 4.98 Å². The molecule has 2 aliphatic carbocycles. The Hall–Kier alpha value is -1.65. The maximum atomic E-state index is 12.5. The molecule has 3 fully saturated rings. The van der Waals surface area contributed by atoms with E-state index >= 15 is 0 Å². The lowest BCUT2D eigenvalue weighted by Crippen LogP contribution is -2.54. The SMILES string of the molecule is CC(=O)C12CC3C[C@H]4c5[nH]c6ccccc6c5C[C@H](C41)N(C3)O2. The summed E-state index contributed by atoms with van der Waals surface area (Å²) < 4.78 is 0. The molecule has 6 rings (SSSR count). The van der Waals surface area contributed by atoms with Gasteiger partial charge in [0, 0.05) is 41.0 Å². The number of para-hydroxylation sites is 1. The van der Waals surface area contributed by atoms with Crippen molar-refractivity contribution in [3.8, 4) is 0 Å². The van der Waals surface area contributed by atoms with Gasteiger partial charge in [-0.3, -0.25) is 9.63 Å². The molecule has 1 N–H and O–H groups in total. The van der Waals surface area contributed by atoms with Crippen molar-refractivity contribution in [2.75, 3.05) is 6.54 Å². The number of H-pyrrole nitrogens is 1. The number of rotatable bonds is 1. The smallest absolute Gasteiger partial charge is 0.164 e. The van der Waals surface area contributed by atoms with Gasteiger partial charge in [-0.25, -0.2) is 0 Å². The molecule has 3 heterocycles. The third kappa shape index (κ3) is 1.35. The fraction of sp³-hybridized carbons (Fsp3) is 0.526. The van der Waals surface area contributed by atoms with Gasteiger partial charge in [-0.1, -0.05) is 18.2 Å². The number of benzene rings is 1. The van der Waals surface area contributed by atoms with Crippen molar-refractivity contribution >= 4 is 16.7 Å². The Labute approximate surface area is 134 Å². The van der Waals surface area contributed by atoms with E-state index in [1.807, 2.05) is 0 Å². The number of Topliss-reactive ketones (excluding diaryl/α,β-unsaturated/α-hetero) is 1. The Kier molecular flexibility index (Phi) is 2.14. The van der Waals surface area contributed by atoms with E-state index in [1.54, 1.807) is 6.92 Å². The van der Waals surface area contributed by atoms with E-state index < -0.39 is 5.60 Å². The Morgan fingerprint density at radius 3 is 3.13 bits per heavy atom. The van der Waals surface area contributed by atoms with E-state index in [9.17, 15) is 4.79 Å². The normalized spacial score (nSPS) is 42.9. The molecule has 1 aromatic heterocycles. The summed E-state index contributed by atoms with van der Waals surface area (Å²) in [4.78, 5) is 22.5. The minimum Gasteiger partial charge on any atom is -0.358 e. The molecule has 1 saturated carbocycles. The van der Waals surface area contributed by atoms with Crippen LogP contribution in [-0.2, 0) is 16.1 Å². The number of fused-ring (bicyclic) bond motifs is 7. The van der Waals surface area contributed by atoms with Gasteiger partial charge in [0.2, 0.25) is 0 Å². The Morgan fingerprint density at radius 2 is 2.26 bits per heavy atom. The molecular formula is C19H20N2O2. The van der Waals surface area contributed by atoms with Crippen molar-refractivity contribution in [1.82, 2.24) is 10.0 Å². The number of ketones is 1. The molecule has 4 nitrogen and oxygen atoms in total. The molecule has 4 unspecified atom stereocenters. The Balaban J connectivity index is 1.61. The van der Waals surface area contributed by atoms with Crippen LogP contribution in [0.25, 0.3) is 10.9 Å². The lowest BCUT2D eigenvalue weighted by atomic mass is 9.59. The zero-order valence-corrected chi connectivity index (χ0v) is 13.2. The van der Waals surface area contributed by atoms with Gasteiger partial charge in [-0.2, -0.15) is 5.06 Å². The monoisotopic (exact) mass is 308 g/mol. The highest BCUT2D eigenvalue weighted by molar-refractivity contribution is 5.88. The second kappa shape index (κ2) is 3.87. The number of hydroxylamine groups is 2. The minimum atomic E-state index is -0.550. The Bertz CT molecular complexity index is 856. The highest BCUT2D eigenvalue weighted by Gasteiger charge is 2.67. The van der Waals surface area contributed by atoms with Crippen LogP contribution in [0.5, 0.6) is 0 Å². The second-order valence-corrected chi connectivity index (χ2v) is 7.91. The highest BCUT2D eigenvalue weighted by atomic mass is 16.7. The number of aromatic nitrogens is 1. The molecule has 1 aromatic carbocycles. The predicted molar refractivity (Wildman–Crippen MR) is 85.9 cm³/mol. The van der Waals surface area contributed by atoms with Crippen LogP contribution in [0.15, 0.2) is 24.3 Å². The number of hydrogen-bond donors (Lipinski definition) is 1. The molecule has 23 heavy (non-hydrogen) atoms. The van der Waals surface area contributed by atoms with Crippen molar-refractivity contribution < 1.29 is 9.63 Å². The number of carbonyl (C=O) groups is 1. The fourth-order valence-corrected chi connectivity index (χ4v) is 6.11. The molecule has 2 saturated heterocycles. The zero-order chi connectivity index (χ0) is 15.3. The third-order valence-electron chi connectivity index (χ3n) is 6.88. The first kappa shape index (κ1) is 12.7. The molecule has 3 bridgehead atoms. The predicted octanol–water partition coefficient (Wildman–Crippen LogP) is 2.79. The molecule has 2 aliphatic heterocycles. The minimum absolute atomic E-state index is 0.226. The molecule has 0 radical (unpaired) electrons. The van der Waals surface area contributed by atoms with Gasteiger partial charge in [-0.15, -0.1) is 0 Å². The van der Waals surface area contributed by atoms with Crippen molar-refractivity contribution in [2.24, 2.45) is 11.8 Å². The number of hydrogen-bond acceptors (Lipinski definition) is 3. The van der Waals surface area contributed by atoms with Gasteiger partial charge >= 0.3 is 0 Å². The average molecular weight is 308 g/mol. The maximum absolute atomic E-state index is 12.5. The van der Waals surface area contributed by atoms with Crippen LogP contribution in [0, 0.1) is 11.8 Å². The summed E-state index contributed by atoms with van der Waals surface area (Å²) in [5.41, 5.74) is 3.53. The second-order valence-electron chi connectivity index (χ2n) is 7.91. The van der Waals surface area contributed by atoms with Gasteiger partial charge in [0.1, 0.15) is 0 Å². The van der Waals surface area contributed by atoms with Gasteiger partial charge in [0.25, 0.3) is 0 Å². The van der Waals surface area contributed by atoms with E-state index in [0.29, 0.717) is 23.8 Å². The largest absolute Gasteiger partial charge is 0.358 e. The summed E-state index contributed by atoms with van der Waals surface area (Å²) in [7, 11) is 0. The summed E-state index contributed by atoms with van der Waals surface area (Å²) in [5, 5.41) is 3.52. The molecule has 4 aliphatic rings. The summed E-state index contributed by atoms with van der Waals surface area (Å²) >= 11 is 0. The number of nitrogens with one attached hydrogen (secondary N) is 1. The molecule has 0 amide bonds. The summed E-state index contributed by atoms with van der Waals surface area (Å²) in [6.07, 6.45) is 3.12. The average Bonchev–Trinajstić information content (AvgIpc) is 3.00. The molecule has 4 heteroatoms. The standard InChI is InChI=1S/C19H20N2O2/c1-10(22)19-8-11-6-14-17(19)16(21(9-11)23-19)7-13-12-4-2-3-5-15(12)20-18(13)14/h2-5,11,14,16-17,20H,6-9H2,1H3/t11?,14-,16-,17?,19?/m1/s1. The van der Waals surface area contributed by atoms with Crippen LogP contribution in [0.2, 0.25) is 0 Å². The van der Waals surface area contributed by atoms with Crippen LogP contribution in [0.1, 0.15) is 36.9 Å². The quantitative estimate of drug-likeness (QED) is 0.881. The first-order valence-electron chi connectivity index (χ1n) is 8.73. The van der Waals surface area contributed by atoms with E-state index in [1.165, 1.54) is 28.6 Å². The molecule has 6 atom stereocenters. The van der Waals surface area contributed by atoms with Crippen LogP contribution in [0.4, 0.5) is 0 Å². The molecule has 2 aromatic rings. The summed E-state index contributed by atoms with van der Waals surface area (Å²) in [5.74, 6) is 1.56. The van der Waals surface area contributed by atoms with Gasteiger partial charge in [0.15, 0.2) is 11.4 Å². The molecule has 118 valence electrons. The van der Waals surface area contributed by atoms with E-state index in [2.05, 4.69) is 34.3 Å². The van der Waals surface area contributed by atoms with Crippen LogP contribution >= 0.6 is 0 Å². The van der Waals surface area contributed by atoms with E-state index in [-0.39, 0.29) is 5.78 Å². The van der Waals surface area contributed by atoms with Gasteiger partial charge in [0.05, 0.1) is 0 Å². The number of nitrogens with zero attached hydrogens (tertiary/aromatic N) is 1. The van der Waals surface area contributed by atoms with Crippen molar-refractivity contribution in [3.63, 3.8) is 0 Å². The van der Waals surface area contributed by atoms with Crippen LogP contribution in [0.3, 0.4) is 0 Å². The molecule has 0 spiro atoms. The third-order valence-corrected chi connectivity index (χ3v) is 6.88. The summed E-state index contributed by atoms with van der Waals surface area (Å²) in [6, 6.07) is 8.97. The van der Waals surface area contributed by atoms with Crippen molar-refractivity contribution in [1.29, 1.82) is 0 Å². The van der Waals surface area contributed by atoms with Crippen molar-refractivity contribution in [3.05, 3.63) is 35.5 Å². The first-order valence-corrected chi connectivity index (χ1v) is 8.73. The summed E-state index contributed by atoms with van der Waals surface area (Å²) in [6.45, 7) is 2.72. The lowest BCUT2D eigenvalue weighted by molar-refractivity contribution is -0.245. The topological polar surface area (TPSA) is 45.3 Å². The Morgan fingerprint density at radius 1 is 1.39 bits per heavy atom. The van der Waals surface area contributed by atoms with Crippen LogP contribution < -0.4 is 0 Å². The van der Waals surface area contributed by atoms with E-state index in [0.717, 1.165) is 19.4 Å². The van der Waals surface area contributed by atoms with Crippen LogP contribution in [-0.4, -0.2) is 34.0 Å². The number of aromatic amines is 1. The van der Waals surface area contributed by atoms with Crippen molar-refractivity contribution in [2.45, 2.75) is 43.7 Å². The number of carbonyl (C=O) groups excluding carboxylic acids is 1. The lowest BCUT2D eigenvalue weighted by Gasteiger charge is -2.46. The molecular weight excluding hydrogens is 288 g/mol. The van der Waals surface area contributed by atoms with Gasteiger partial charge in [-0.05, 0) is 43.7 Å². The highest BCUT2D eigenvalue weighted by Crippen LogP contribution is 2.61. The first-order chi connectivity index (χ1) is 11.2. The van der Waals surface area contributed by atoms with E-state index in [4.69, 9.17) is 4.84 Å². The fourth-order valence-electron chi connectivity index (χ4n) is 6.11. The maximum Gasteiger partial charge on any atom is 0.164 e. The zero-order valence-electron chi connectivity index (χ0n) is 13.2.